The van der Waals surface area contributed by atoms with Crippen LogP contribution in [0.1, 0.15) is 0 Å². The second-order valence-corrected chi connectivity index (χ2v) is 21.4. The minimum atomic E-state index is -0.0626. The minimum absolute atomic E-state index is 0.0553. The Morgan fingerprint density at radius 3 is 1.22 bits per heavy atom. The van der Waals surface area contributed by atoms with E-state index < -0.39 is 0 Å². The zero-order valence-electron chi connectivity index (χ0n) is 25.6. The molecule has 6 aromatic carbocycles. The van der Waals surface area contributed by atoms with Crippen molar-refractivity contribution >= 4 is 165 Å². The molecule has 0 N–H and O–H groups in total. The average Bonchev–Trinajstić information content (AvgIpc) is 3.97. The Morgan fingerprint density at radius 2 is 0.780 bits per heavy atom. The van der Waals surface area contributed by atoms with E-state index in [4.69, 9.17) is 0 Å². The summed E-state index contributed by atoms with van der Waals surface area (Å²) in [5.74, 6) is -0.111. The van der Waals surface area contributed by atoms with Gasteiger partial charge in [-0.1, -0.05) is 0 Å². The molecule has 8 heteroatoms. The Balaban J connectivity index is 0.964. The normalized spacial score (nSPS) is 12.6. The van der Waals surface area contributed by atoms with Crippen molar-refractivity contribution in [3.05, 3.63) is 121 Å². The van der Waals surface area contributed by atoms with Crippen molar-refractivity contribution < 1.29 is 8.78 Å². The maximum atomic E-state index is 15.9. The van der Waals surface area contributed by atoms with E-state index in [9.17, 15) is 0 Å². The van der Waals surface area contributed by atoms with Gasteiger partial charge in [0.1, 0.15) is 0 Å². The van der Waals surface area contributed by atoms with E-state index in [2.05, 4.69) is 72.8 Å². The van der Waals surface area contributed by atoms with Gasteiger partial charge in [-0.25, -0.2) is 0 Å². The van der Waals surface area contributed by atoms with Crippen LogP contribution in [0.25, 0.3) is 109 Å². The molecule has 6 aromatic heterocycles. The fourth-order valence-electron chi connectivity index (χ4n) is 7.37. The van der Waals surface area contributed by atoms with Gasteiger partial charge in [0, 0.05) is 0 Å². The fourth-order valence-corrected chi connectivity index (χ4v) is 17.5. The van der Waals surface area contributed by atoms with Gasteiger partial charge in [0.15, 0.2) is 0 Å². The molecule has 0 fully saturated rings. The Morgan fingerprint density at radius 1 is 0.380 bits per heavy atom. The second-order valence-electron chi connectivity index (χ2n) is 12.7. The van der Waals surface area contributed by atoms with Gasteiger partial charge in [-0.3, -0.25) is 0 Å². The molecule has 12 aromatic rings. The number of hydrogen-bond donors (Lipinski definition) is 0. The molecule has 0 aliphatic rings. The summed E-state index contributed by atoms with van der Waals surface area (Å²) in [6, 6.07) is 38.5. The first-order valence-corrected chi connectivity index (χ1v) is 22.7. The third-order valence-corrected chi connectivity index (χ3v) is 20.0. The molecule has 236 valence electrons. The van der Waals surface area contributed by atoms with E-state index >= 15 is 8.78 Å². The second kappa shape index (κ2) is 10.4. The molecule has 6 heterocycles. The van der Waals surface area contributed by atoms with Crippen LogP contribution in [0.15, 0.2) is 109 Å². The van der Waals surface area contributed by atoms with Crippen LogP contribution in [0.4, 0.5) is 8.78 Å². The molecule has 0 radical (unpaired) electrons. The number of thiophene rings is 4. The summed E-state index contributed by atoms with van der Waals surface area (Å²) < 4.78 is 43.4. The molecular formula is C42H18F2S4Se2. The van der Waals surface area contributed by atoms with Crippen LogP contribution < -0.4 is 0 Å². The Bertz CT molecular complexity index is 3190. The van der Waals surface area contributed by atoms with E-state index in [0.717, 1.165) is 48.7 Å². The van der Waals surface area contributed by atoms with E-state index in [1.807, 2.05) is 59.1 Å². The summed E-state index contributed by atoms with van der Waals surface area (Å²) in [4.78, 5) is 2.09. The molecule has 0 unspecified atom stereocenters. The molecule has 12 rings (SSSR count). The molecule has 0 aliphatic carbocycles. The first-order valence-electron chi connectivity index (χ1n) is 16.0. The molecular weight excluding hydrogens is 829 g/mol. The van der Waals surface area contributed by atoms with Gasteiger partial charge in [-0.2, -0.15) is 0 Å². The number of benzene rings is 6. The standard InChI is InChI=1S/C42H18F2S4Se2/c43-37-27-9-19-5-1-3-7-21(19)15-35(27)49-41(37)33-13-23-11-25-31(17-29(23)45-33)47-40-26-12-24-14-34(46-30(24)18-32(26)48-39(25)40)42-38(44)28-10-20-6-2-4-8-22(20)16-36(28)50-42/h1-18H. The monoisotopic (exact) mass is 848 g/mol. The van der Waals surface area contributed by atoms with Gasteiger partial charge >= 0.3 is 313 Å². The van der Waals surface area contributed by atoms with E-state index in [-0.39, 0.29) is 40.6 Å². The van der Waals surface area contributed by atoms with E-state index in [1.165, 1.54) is 60.5 Å². The van der Waals surface area contributed by atoms with Gasteiger partial charge in [-0.15, -0.1) is 0 Å². The Kier molecular flexibility index (Phi) is 6.05. The van der Waals surface area contributed by atoms with Crippen molar-refractivity contribution in [3.8, 4) is 18.6 Å². The summed E-state index contributed by atoms with van der Waals surface area (Å²) in [6.45, 7) is 0. The fraction of sp³-hybridized carbons (Fsp3) is 0. The zero-order valence-corrected chi connectivity index (χ0v) is 32.3. The molecule has 0 aliphatic heterocycles. The molecule has 0 bridgehead atoms. The summed E-state index contributed by atoms with van der Waals surface area (Å²) in [5.41, 5.74) is 0. The average molecular weight is 847 g/mol. The SMILES string of the molecule is Fc1c(-c2cc3cc4c(cc3s2)sc2c3cc5cc(-c6[se]c7cc8ccccc8cc7c6F)sc5cc3sc42)[se]c2cc3ccccc3cc12. The number of hydrogen-bond acceptors (Lipinski definition) is 4. The summed E-state index contributed by atoms with van der Waals surface area (Å²) in [5, 5.41) is 11.0. The third-order valence-electron chi connectivity index (χ3n) is 9.80. The van der Waals surface area contributed by atoms with E-state index in [0.29, 0.717) is 0 Å². The third kappa shape index (κ3) is 4.11. The molecule has 0 amide bonds. The molecule has 0 spiro atoms. The maximum absolute atomic E-state index is 15.9. The first-order chi connectivity index (χ1) is 24.5. The number of halogens is 2. The summed E-state index contributed by atoms with van der Waals surface area (Å²) >= 11 is 7.00. The van der Waals surface area contributed by atoms with Crippen LogP contribution in [0, 0.1) is 11.6 Å². The summed E-state index contributed by atoms with van der Waals surface area (Å²) in [6.07, 6.45) is 0. The van der Waals surface area contributed by atoms with Crippen LogP contribution in [0.2, 0.25) is 0 Å². The van der Waals surface area contributed by atoms with Crippen molar-refractivity contribution in [1.82, 2.24) is 0 Å². The number of fused-ring (bicyclic) bond motifs is 11. The van der Waals surface area contributed by atoms with Gasteiger partial charge in [0.25, 0.3) is 0 Å². The molecule has 0 nitrogen and oxygen atoms in total. The van der Waals surface area contributed by atoms with Crippen molar-refractivity contribution in [2.45, 2.75) is 0 Å². The van der Waals surface area contributed by atoms with E-state index in [1.54, 1.807) is 22.7 Å². The van der Waals surface area contributed by atoms with Crippen LogP contribution in [-0.2, 0) is 0 Å². The quantitative estimate of drug-likeness (QED) is 0.152. The topological polar surface area (TPSA) is 0 Å². The zero-order chi connectivity index (χ0) is 32.8. The van der Waals surface area contributed by atoms with Gasteiger partial charge in [-0.05, 0) is 0 Å². The van der Waals surface area contributed by atoms with Gasteiger partial charge < -0.3 is 0 Å². The van der Waals surface area contributed by atoms with Crippen LogP contribution in [-0.4, -0.2) is 29.0 Å². The van der Waals surface area contributed by atoms with Crippen molar-refractivity contribution in [2.75, 3.05) is 0 Å². The van der Waals surface area contributed by atoms with Gasteiger partial charge in [0.2, 0.25) is 0 Å². The van der Waals surface area contributed by atoms with Crippen LogP contribution in [0.5, 0.6) is 0 Å². The first kappa shape index (κ1) is 29.0. The predicted octanol–water partition coefficient (Wildman–Crippen LogP) is 14.0. The number of rotatable bonds is 2. The predicted molar refractivity (Wildman–Crippen MR) is 220 cm³/mol. The molecule has 0 saturated heterocycles. The van der Waals surface area contributed by atoms with Gasteiger partial charge in [0.05, 0.1) is 0 Å². The molecule has 50 heavy (non-hydrogen) atoms. The molecule has 0 saturated carbocycles. The molecule has 0 atom stereocenters. The Labute approximate surface area is 310 Å². The van der Waals surface area contributed by atoms with Crippen molar-refractivity contribution in [1.29, 1.82) is 0 Å². The van der Waals surface area contributed by atoms with Crippen molar-refractivity contribution in [3.63, 3.8) is 0 Å². The van der Waals surface area contributed by atoms with Crippen LogP contribution in [0.3, 0.4) is 0 Å². The van der Waals surface area contributed by atoms with Crippen molar-refractivity contribution in [2.24, 2.45) is 0 Å². The Hall–Kier alpha value is -3.68. The summed E-state index contributed by atoms with van der Waals surface area (Å²) in [7, 11) is 0. The van der Waals surface area contributed by atoms with Crippen LogP contribution >= 0.6 is 45.3 Å².